The van der Waals surface area contributed by atoms with Crippen molar-refractivity contribution in [1.82, 2.24) is 0 Å². The molecule has 0 radical (unpaired) electrons. The van der Waals surface area contributed by atoms with Crippen molar-refractivity contribution in [2.45, 2.75) is 18.4 Å². The predicted molar refractivity (Wildman–Crippen MR) is 75.7 cm³/mol. The van der Waals surface area contributed by atoms with Crippen molar-refractivity contribution < 1.29 is 0 Å². The van der Waals surface area contributed by atoms with E-state index < -0.39 is 0 Å². The first kappa shape index (κ1) is 11.8. The highest BCUT2D eigenvalue weighted by atomic mass is 35.5. The number of halogens is 1. The molecule has 1 fully saturated rings. The minimum Gasteiger partial charge on any atom is -0.324 e. The van der Waals surface area contributed by atoms with Gasteiger partial charge in [-0.25, -0.2) is 0 Å². The fourth-order valence-electron chi connectivity index (χ4n) is 2.67. The first-order valence-electron chi connectivity index (χ1n) is 6.32. The maximum Gasteiger partial charge on any atom is 0.0453 e. The average Bonchev–Trinajstić information content (AvgIpc) is 3.20. The largest absolute Gasteiger partial charge is 0.324 e. The molecular weight excluding hydrogens is 242 g/mol. The second kappa shape index (κ2) is 4.75. The van der Waals surface area contributed by atoms with Gasteiger partial charge in [0.15, 0.2) is 0 Å². The monoisotopic (exact) mass is 257 g/mol. The summed E-state index contributed by atoms with van der Waals surface area (Å²) in [6.45, 7) is 0. The number of rotatable bonds is 3. The second-order valence-electron chi connectivity index (χ2n) is 4.96. The Hall–Kier alpha value is -1.31. The zero-order chi connectivity index (χ0) is 12.5. The Balaban J connectivity index is 1.77. The van der Waals surface area contributed by atoms with Crippen LogP contribution in [0.1, 0.15) is 29.5 Å². The van der Waals surface area contributed by atoms with Gasteiger partial charge >= 0.3 is 0 Å². The molecule has 2 heteroatoms. The molecule has 0 heterocycles. The molecule has 3 atom stereocenters. The second-order valence-corrected chi connectivity index (χ2v) is 5.37. The Morgan fingerprint density at radius 3 is 2.39 bits per heavy atom. The van der Waals surface area contributed by atoms with Gasteiger partial charge in [-0.05, 0) is 35.4 Å². The topological polar surface area (TPSA) is 26.0 Å². The van der Waals surface area contributed by atoms with E-state index in [2.05, 4.69) is 30.3 Å². The molecule has 0 saturated heterocycles. The number of nitrogens with two attached hydrogens (primary N) is 1. The van der Waals surface area contributed by atoms with Crippen LogP contribution in [0, 0.1) is 5.92 Å². The molecule has 2 aromatic carbocycles. The minimum atomic E-state index is 0.0453. The molecule has 0 spiro atoms. The molecule has 1 aliphatic rings. The van der Waals surface area contributed by atoms with Gasteiger partial charge in [-0.3, -0.25) is 0 Å². The molecule has 0 amide bonds. The first-order valence-corrected chi connectivity index (χ1v) is 6.70. The summed E-state index contributed by atoms with van der Waals surface area (Å²) in [4.78, 5) is 0. The molecule has 3 unspecified atom stereocenters. The van der Waals surface area contributed by atoms with E-state index in [-0.39, 0.29) is 6.04 Å². The summed E-state index contributed by atoms with van der Waals surface area (Å²) in [5, 5.41) is 0.781. The molecule has 2 N–H and O–H groups in total. The molecule has 92 valence electrons. The van der Waals surface area contributed by atoms with Crippen LogP contribution >= 0.6 is 11.6 Å². The van der Waals surface area contributed by atoms with Crippen LogP contribution in [0.4, 0.5) is 0 Å². The van der Waals surface area contributed by atoms with Crippen molar-refractivity contribution in [3.05, 3.63) is 70.7 Å². The molecule has 1 saturated carbocycles. The minimum absolute atomic E-state index is 0.0453. The third-order valence-electron chi connectivity index (χ3n) is 3.79. The summed E-state index contributed by atoms with van der Waals surface area (Å²) in [7, 11) is 0. The number of hydrogen-bond acceptors (Lipinski definition) is 1. The highest BCUT2D eigenvalue weighted by molar-refractivity contribution is 6.31. The van der Waals surface area contributed by atoms with E-state index in [4.69, 9.17) is 17.3 Å². The van der Waals surface area contributed by atoms with Crippen LogP contribution in [0.2, 0.25) is 5.02 Å². The summed E-state index contributed by atoms with van der Waals surface area (Å²) >= 11 is 6.20. The van der Waals surface area contributed by atoms with Gasteiger partial charge in [0.2, 0.25) is 0 Å². The highest BCUT2D eigenvalue weighted by Crippen LogP contribution is 2.53. The van der Waals surface area contributed by atoms with Gasteiger partial charge in [0.25, 0.3) is 0 Å². The predicted octanol–water partition coefficient (Wildman–Crippen LogP) is 4.14. The van der Waals surface area contributed by atoms with Crippen molar-refractivity contribution in [3.63, 3.8) is 0 Å². The van der Waals surface area contributed by atoms with E-state index in [9.17, 15) is 0 Å². The summed E-state index contributed by atoms with van der Waals surface area (Å²) in [5.74, 6) is 1.12. The lowest BCUT2D eigenvalue weighted by Gasteiger charge is -2.13. The number of hydrogen-bond donors (Lipinski definition) is 1. The zero-order valence-electron chi connectivity index (χ0n) is 10.1. The Kier molecular flexibility index (Phi) is 3.11. The van der Waals surface area contributed by atoms with E-state index in [1.807, 2.05) is 24.3 Å². The van der Waals surface area contributed by atoms with Crippen LogP contribution in [0.15, 0.2) is 54.6 Å². The van der Waals surface area contributed by atoms with E-state index in [0.717, 1.165) is 17.0 Å². The van der Waals surface area contributed by atoms with Crippen LogP contribution in [-0.2, 0) is 0 Å². The van der Waals surface area contributed by atoms with E-state index in [0.29, 0.717) is 11.8 Å². The maximum absolute atomic E-state index is 6.34. The van der Waals surface area contributed by atoms with E-state index in [1.165, 1.54) is 5.56 Å². The van der Waals surface area contributed by atoms with Crippen LogP contribution in [0.5, 0.6) is 0 Å². The van der Waals surface area contributed by atoms with Gasteiger partial charge in [0.1, 0.15) is 0 Å². The Morgan fingerprint density at radius 2 is 1.67 bits per heavy atom. The third kappa shape index (κ3) is 2.16. The van der Waals surface area contributed by atoms with E-state index in [1.54, 1.807) is 0 Å². The van der Waals surface area contributed by atoms with E-state index >= 15 is 0 Å². The summed E-state index contributed by atoms with van der Waals surface area (Å²) < 4.78 is 0. The molecule has 0 bridgehead atoms. The molecule has 0 aliphatic heterocycles. The van der Waals surface area contributed by atoms with Gasteiger partial charge in [-0.2, -0.15) is 0 Å². The lowest BCUT2D eigenvalue weighted by molar-refractivity contribution is 0.616. The number of benzene rings is 2. The summed E-state index contributed by atoms with van der Waals surface area (Å²) in [5.41, 5.74) is 8.81. The summed E-state index contributed by atoms with van der Waals surface area (Å²) in [6, 6.07) is 18.5. The van der Waals surface area contributed by atoms with Crippen LogP contribution in [0.25, 0.3) is 0 Å². The molecular formula is C16H16ClN. The lowest BCUT2D eigenvalue weighted by Crippen LogP contribution is -2.13. The van der Waals surface area contributed by atoms with Crippen molar-refractivity contribution >= 4 is 11.6 Å². The zero-order valence-corrected chi connectivity index (χ0v) is 10.8. The normalized spacial score (nSPS) is 23.7. The Labute approximate surface area is 113 Å². The first-order chi connectivity index (χ1) is 8.77. The fourth-order valence-corrected chi connectivity index (χ4v) is 2.93. The Bertz CT molecular complexity index is 538. The smallest absolute Gasteiger partial charge is 0.0453 e. The molecule has 1 nitrogen and oxygen atoms in total. The van der Waals surface area contributed by atoms with Gasteiger partial charge in [-0.15, -0.1) is 0 Å². The van der Waals surface area contributed by atoms with Crippen molar-refractivity contribution in [3.8, 4) is 0 Å². The third-order valence-corrected chi connectivity index (χ3v) is 4.14. The van der Waals surface area contributed by atoms with Crippen LogP contribution in [-0.4, -0.2) is 0 Å². The Morgan fingerprint density at radius 1 is 1.00 bits per heavy atom. The van der Waals surface area contributed by atoms with Crippen molar-refractivity contribution in [2.24, 2.45) is 11.7 Å². The quantitative estimate of drug-likeness (QED) is 0.879. The van der Waals surface area contributed by atoms with Gasteiger partial charge in [-0.1, -0.05) is 60.1 Å². The fraction of sp³-hybridized carbons (Fsp3) is 0.250. The van der Waals surface area contributed by atoms with Gasteiger partial charge < -0.3 is 5.73 Å². The van der Waals surface area contributed by atoms with Crippen molar-refractivity contribution in [2.75, 3.05) is 0 Å². The maximum atomic E-state index is 6.34. The molecule has 18 heavy (non-hydrogen) atoms. The average molecular weight is 258 g/mol. The van der Waals surface area contributed by atoms with Gasteiger partial charge in [0.05, 0.1) is 0 Å². The highest BCUT2D eigenvalue weighted by Gasteiger charge is 2.43. The molecule has 1 aliphatic carbocycles. The standard InChI is InChI=1S/C16H16ClN/c17-15-9-5-4-8-12(15)16(18)14-10-13(14)11-6-2-1-3-7-11/h1-9,13-14,16H,10,18H2. The van der Waals surface area contributed by atoms with Crippen LogP contribution < -0.4 is 5.73 Å². The lowest BCUT2D eigenvalue weighted by atomic mass is 9.99. The molecule has 0 aromatic heterocycles. The molecule has 2 aromatic rings. The molecule has 3 rings (SSSR count). The SMILES string of the molecule is NC(c1ccccc1Cl)C1CC1c1ccccc1. The summed E-state index contributed by atoms with van der Waals surface area (Å²) in [6.07, 6.45) is 1.16. The van der Waals surface area contributed by atoms with Gasteiger partial charge in [0, 0.05) is 11.1 Å². The van der Waals surface area contributed by atoms with Crippen LogP contribution in [0.3, 0.4) is 0 Å². The van der Waals surface area contributed by atoms with Crippen molar-refractivity contribution in [1.29, 1.82) is 0 Å².